The molecule has 5 rings (SSSR count). The highest BCUT2D eigenvalue weighted by molar-refractivity contribution is 8.24. The van der Waals surface area contributed by atoms with Gasteiger partial charge in [-0.25, -0.2) is 8.78 Å². The standard InChI is InChI=1S/C19H22FNO.C13H10FNO.C12H19N.Cl3OP/c1-3-13-21(14-4-2)18-11-7-16(8-12-18)19(22)15-5-9-17(20)10-6-15;14-11-8-6-10(7-9-11)13(16)15-12-4-2-1-3-5-12;1-3-10-13(11-4-2)12-8-6-5-7-9-12;1-5(2,3)4/h5-12H,3-4,13-14H2,1-2H3;1-9H,(H,15,16);5-9H,3-4,10-11H2,1-2H3;. The van der Waals surface area contributed by atoms with Crippen molar-refractivity contribution < 1.29 is 22.9 Å². The van der Waals surface area contributed by atoms with E-state index in [4.69, 9.17) is 0 Å². The Balaban J connectivity index is 0.000000282. The van der Waals surface area contributed by atoms with Crippen molar-refractivity contribution in [1.29, 1.82) is 0 Å². The summed E-state index contributed by atoms with van der Waals surface area (Å²) in [6.07, 6.45) is 4.62. The highest BCUT2D eigenvalue weighted by Crippen LogP contribution is 2.61. The largest absolute Gasteiger partial charge is 0.372 e. The Labute approximate surface area is 345 Å². The van der Waals surface area contributed by atoms with E-state index in [-0.39, 0.29) is 23.3 Å². The fraction of sp³-hybridized carbons (Fsp3) is 0.273. The monoisotopic (exact) mass is 843 g/mol. The molecule has 6 nitrogen and oxygen atoms in total. The summed E-state index contributed by atoms with van der Waals surface area (Å²) in [5.74, 6) is -1.01. The number of carbonyl (C=O) groups is 2. The van der Waals surface area contributed by atoms with Crippen LogP contribution < -0.4 is 15.1 Å². The number of benzene rings is 5. The van der Waals surface area contributed by atoms with Crippen LogP contribution in [0.5, 0.6) is 0 Å². The van der Waals surface area contributed by atoms with Crippen LogP contribution in [-0.2, 0) is 4.57 Å². The lowest BCUT2D eigenvalue weighted by Crippen LogP contribution is -2.24. The van der Waals surface area contributed by atoms with E-state index in [1.54, 1.807) is 12.1 Å². The molecule has 0 fully saturated rings. The van der Waals surface area contributed by atoms with E-state index in [9.17, 15) is 22.9 Å². The first kappa shape index (κ1) is 48.0. The summed E-state index contributed by atoms with van der Waals surface area (Å²) in [7, 11) is 0. The number of ketones is 1. The van der Waals surface area contributed by atoms with E-state index in [2.05, 4.69) is 107 Å². The summed E-state index contributed by atoms with van der Waals surface area (Å²) in [6.45, 7) is 13.1. The van der Waals surface area contributed by atoms with Gasteiger partial charge in [0.1, 0.15) is 11.6 Å². The number of nitrogens with one attached hydrogen (secondary N) is 1. The molecule has 0 aromatic heterocycles. The fourth-order valence-electron chi connectivity index (χ4n) is 5.38. The van der Waals surface area contributed by atoms with Crippen LogP contribution in [0.3, 0.4) is 0 Å². The van der Waals surface area contributed by atoms with Gasteiger partial charge in [-0.3, -0.25) is 14.2 Å². The number of rotatable bonds is 14. The minimum atomic E-state index is -3.22. The fourth-order valence-corrected chi connectivity index (χ4v) is 5.38. The molecule has 0 aliphatic carbocycles. The van der Waals surface area contributed by atoms with E-state index in [0.29, 0.717) is 16.7 Å². The van der Waals surface area contributed by atoms with Crippen molar-refractivity contribution in [2.75, 3.05) is 41.3 Å². The molecular formula is C44H51Cl3F2N3O3P. The van der Waals surface area contributed by atoms with Crippen molar-refractivity contribution in [1.82, 2.24) is 0 Å². The molecule has 0 heterocycles. The third-order valence-corrected chi connectivity index (χ3v) is 7.83. The number of carbonyl (C=O) groups excluding carboxylic acids is 2. The minimum absolute atomic E-state index is 0.0796. The molecule has 12 heteroatoms. The SMILES string of the molecule is CCCN(CCC)c1ccc(C(=O)c2ccc(F)cc2)cc1.CCCN(CCC)c1ccccc1.O=C(Nc1ccccc1)c1ccc(F)cc1.O=P(Cl)(Cl)Cl. The Kier molecular flexibility index (Phi) is 22.8. The lowest BCUT2D eigenvalue weighted by molar-refractivity contribution is 0.102. The molecule has 0 spiro atoms. The Morgan fingerprint density at radius 2 is 0.839 bits per heavy atom. The number of amides is 1. The Bertz CT molecular complexity index is 1860. The van der Waals surface area contributed by atoms with Crippen LogP contribution in [0.1, 0.15) is 79.7 Å². The van der Waals surface area contributed by atoms with Gasteiger partial charge in [-0.2, -0.15) is 0 Å². The van der Waals surface area contributed by atoms with Crippen LogP contribution in [-0.4, -0.2) is 37.9 Å². The van der Waals surface area contributed by atoms with Crippen molar-refractivity contribution in [3.05, 3.63) is 162 Å². The Morgan fingerprint density at radius 3 is 1.21 bits per heavy atom. The molecule has 300 valence electrons. The first-order chi connectivity index (χ1) is 26.8. The van der Waals surface area contributed by atoms with Crippen LogP contribution in [0.15, 0.2) is 133 Å². The van der Waals surface area contributed by atoms with Gasteiger partial charge < -0.3 is 15.1 Å². The van der Waals surface area contributed by atoms with E-state index in [1.807, 2.05) is 42.5 Å². The number of para-hydroxylation sites is 2. The van der Waals surface area contributed by atoms with E-state index < -0.39 is 5.20 Å². The van der Waals surface area contributed by atoms with Gasteiger partial charge in [0.05, 0.1) is 0 Å². The molecule has 0 radical (unpaired) electrons. The maximum Gasteiger partial charge on any atom is 0.339 e. The average molecular weight is 845 g/mol. The second kappa shape index (κ2) is 26.6. The van der Waals surface area contributed by atoms with Gasteiger partial charge in [0, 0.05) is 59.9 Å². The lowest BCUT2D eigenvalue weighted by Gasteiger charge is -2.23. The normalized spacial score (nSPS) is 10.3. The zero-order valence-corrected chi connectivity index (χ0v) is 35.5. The number of hydrogen-bond acceptors (Lipinski definition) is 5. The van der Waals surface area contributed by atoms with Gasteiger partial charge >= 0.3 is 5.20 Å². The van der Waals surface area contributed by atoms with Gasteiger partial charge in [-0.05, 0) is 156 Å². The number of nitrogens with zero attached hydrogens (tertiary/aromatic N) is 2. The molecule has 0 unspecified atom stereocenters. The van der Waals surface area contributed by atoms with Gasteiger partial charge in [-0.1, -0.05) is 64.1 Å². The number of anilines is 3. The van der Waals surface area contributed by atoms with Crippen molar-refractivity contribution in [3.63, 3.8) is 0 Å². The predicted molar refractivity (Wildman–Crippen MR) is 234 cm³/mol. The van der Waals surface area contributed by atoms with Crippen molar-refractivity contribution in [2.24, 2.45) is 0 Å². The van der Waals surface area contributed by atoms with Gasteiger partial charge in [-0.15, -0.1) is 0 Å². The molecule has 0 aliphatic heterocycles. The van der Waals surface area contributed by atoms with Crippen LogP contribution in [0.25, 0.3) is 0 Å². The smallest absolute Gasteiger partial charge is 0.339 e. The van der Waals surface area contributed by atoms with Crippen LogP contribution >= 0.6 is 38.9 Å². The van der Waals surface area contributed by atoms with Gasteiger partial charge in [0.2, 0.25) is 0 Å². The first-order valence-electron chi connectivity index (χ1n) is 18.6. The summed E-state index contributed by atoms with van der Waals surface area (Å²) in [6, 6.07) is 38.5. The predicted octanol–water partition coefficient (Wildman–Crippen LogP) is 13.9. The summed E-state index contributed by atoms with van der Waals surface area (Å²) < 4.78 is 35.1. The Hall–Kier alpha value is -4.20. The molecule has 1 amide bonds. The van der Waals surface area contributed by atoms with Crippen LogP contribution in [0.2, 0.25) is 0 Å². The summed E-state index contributed by atoms with van der Waals surface area (Å²) in [4.78, 5) is 28.8. The van der Waals surface area contributed by atoms with Gasteiger partial charge in [0.15, 0.2) is 5.78 Å². The van der Waals surface area contributed by atoms with E-state index in [1.165, 1.54) is 67.1 Å². The average Bonchev–Trinajstić information content (AvgIpc) is 3.19. The van der Waals surface area contributed by atoms with E-state index in [0.717, 1.165) is 50.4 Å². The molecule has 1 N–H and O–H groups in total. The molecule has 5 aromatic rings. The number of halogens is 5. The molecule has 0 aliphatic rings. The van der Waals surface area contributed by atoms with Crippen molar-refractivity contribution in [3.8, 4) is 0 Å². The maximum absolute atomic E-state index is 12.9. The lowest BCUT2D eigenvalue weighted by atomic mass is 10.0. The van der Waals surface area contributed by atoms with Crippen LogP contribution in [0.4, 0.5) is 25.8 Å². The molecule has 56 heavy (non-hydrogen) atoms. The summed E-state index contributed by atoms with van der Waals surface area (Å²) in [5, 5.41) is -0.506. The first-order valence-corrected chi connectivity index (χ1v) is 23.0. The van der Waals surface area contributed by atoms with E-state index >= 15 is 0 Å². The number of hydrogen-bond donors (Lipinski definition) is 1. The Morgan fingerprint density at radius 1 is 0.518 bits per heavy atom. The van der Waals surface area contributed by atoms with Crippen molar-refractivity contribution in [2.45, 2.75) is 53.4 Å². The molecule has 0 saturated carbocycles. The zero-order valence-electron chi connectivity index (χ0n) is 32.3. The molecule has 0 atom stereocenters. The third kappa shape index (κ3) is 19.6. The molecule has 0 bridgehead atoms. The summed E-state index contributed by atoms with van der Waals surface area (Å²) >= 11 is 13.8. The quantitative estimate of drug-likeness (QED) is 0.0891. The second-order valence-corrected chi connectivity index (χ2v) is 19.1. The zero-order chi connectivity index (χ0) is 41.3. The van der Waals surface area contributed by atoms with Crippen molar-refractivity contribution >= 4 is 67.7 Å². The minimum Gasteiger partial charge on any atom is -0.372 e. The molecular weight excluding hydrogens is 794 g/mol. The summed E-state index contributed by atoms with van der Waals surface area (Å²) in [5.41, 5.74) is 4.78. The molecule has 5 aromatic carbocycles. The highest BCUT2D eigenvalue weighted by Gasteiger charge is 2.11. The van der Waals surface area contributed by atoms with Crippen LogP contribution in [0, 0.1) is 11.6 Å². The maximum atomic E-state index is 12.9. The van der Waals surface area contributed by atoms with Gasteiger partial charge in [0.25, 0.3) is 5.91 Å². The highest BCUT2D eigenvalue weighted by atomic mass is 36.0. The second-order valence-electron chi connectivity index (χ2n) is 12.4. The third-order valence-electron chi connectivity index (χ3n) is 7.83. The topological polar surface area (TPSA) is 69.7 Å². The molecule has 0 saturated heterocycles.